The van der Waals surface area contributed by atoms with Gasteiger partial charge in [-0.2, -0.15) is 0 Å². The molecule has 0 spiro atoms. The number of benzene rings is 2. The van der Waals surface area contributed by atoms with Gasteiger partial charge in [-0.1, -0.05) is 62.4 Å². The van der Waals surface area contributed by atoms with Crippen LogP contribution in [0.4, 0.5) is 4.79 Å². The number of ketones is 1. The first-order valence-electron chi connectivity index (χ1n) is 22.2. The van der Waals surface area contributed by atoms with Crippen molar-refractivity contribution in [2.45, 2.75) is 128 Å². The molecule has 3 aliphatic carbocycles. The van der Waals surface area contributed by atoms with Crippen molar-refractivity contribution in [1.82, 2.24) is 5.32 Å². The Labute approximate surface area is 388 Å². The molecule has 1 aliphatic heterocycles. The van der Waals surface area contributed by atoms with Crippen LogP contribution in [0.5, 0.6) is 0 Å². The molecule has 4 N–H and O–H groups in total. The fourth-order valence-corrected chi connectivity index (χ4v) is 10.6. The summed E-state index contributed by atoms with van der Waals surface area (Å²) in [4.78, 5) is 85.1. The van der Waals surface area contributed by atoms with Crippen LogP contribution in [0.2, 0.25) is 0 Å². The molecule has 17 heteroatoms. The summed E-state index contributed by atoms with van der Waals surface area (Å²) in [5.41, 5.74) is -8.49. The predicted molar refractivity (Wildman–Crippen MR) is 234 cm³/mol. The zero-order chi connectivity index (χ0) is 49.0. The molecule has 1 aromatic heterocycles. The molecule has 4 aliphatic rings. The fourth-order valence-electron chi connectivity index (χ4n) is 10.6. The van der Waals surface area contributed by atoms with E-state index in [0.717, 1.165) is 6.92 Å². The van der Waals surface area contributed by atoms with Gasteiger partial charge >= 0.3 is 30.0 Å². The molecule has 17 nitrogen and oxygen atoms in total. The van der Waals surface area contributed by atoms with E-state index in [4.69, 9.17) is 28.4 Å². The molecule has 1 amide bonds. The third-order valence-electron chi connectivity index (χ3n) is 14.0. The number of fused-ring (bicyclic) bond motifs is 5. The van der Waals surface area contributed by atoms with Crippen molar-refractivity contribution < 1.29 is 77.1 Å². The van der Waals surface area contributed by atoms with Crippen molar-refractivity contribution in [3.05, 3.63) is 113 Å². The summed E-state index contributed by atoms with van der Waals surface area (Å²) in [6.07, 6.45) is -8.61. The standard InChI is InChI=1S/C50H58N2O15/c1-27-32(63-44(59)38(64-43(58)31-21-16-22-52(9)25-31)36(29-17-12-10-13-18-29)51-45(60)67-46(3,4)5)24-50(61)41(65-42(57)30-19-14-11-15-20-30)39-48(8,40(56)37(55)35(27)47(50,6)7)33(54)23-34-49(39,26-62-34)66-28(2)53/h10-22,25,32-34,36-39,41,54-55,61H,23-24,26H2,1-9H3/p+1/t32-,33-,34+,36-,37+,38+,39-,41-,48+,49-,50+/m0/s1. The lowest BCUT2D eigenvalue weighted by molar-refractivity contribution is -0.671. The third kappa shape index (κ3) is 8.73. The van der Waals surface area contributed by atoms with Crippen molar-refractivity contribution in [2.75, 3.05) is 6.61 Å². The first kappa shape index (κ1) is 48.9. The first-order valence-corrected chi connectivity index (χ1v) is 22.2. The van der Waals surface area contributed by atoms with E-state index in [-0.39, 0.29) is 35.3 Å². The molecule has 358 valence electrons. The average molecular weight is 928 g/mol. The minimum Gasteiger partial charge on any atom is -0.455 e. The van der Waals surface area contributed by atoms with E-state index in [9.17, 15) is 34.5 Å². The summed E-state index contributed by atoms with van der Waals surface area (Å²) < 4.78 is 37.8. The highest BCUT2D eigenvalue weighted by Gasteiger charge is 2.78. The number of alkyl carbamates (subject to hydrolysis) is 1. The van der Waals surface area contributed by atoms with Gasteiger partial charge in [-0.15, -0.1) is 0 Å². The number of hydrogen-bond acceptors (Lipinski definition) is 15. The third-order valence-corrected chi connectivity index (χ3v) is 14.0. The molecule has 2 saturated carbocycles. The monoisotopic (exact) mass is 927 g/mol. The van der Waals surface area contributed by atoms with E-state index < -0.39 is 118 Å². The van der Waals surface area contributed by atoms with E-state index >= 15 is 9.59 Å². The number of aromatic nitrogens is 1. The Morgan fingerprint density at radius 3 is 2.10 bits per heavy atom. The minimum absolute atomic E-state index is 0.0450. The topological polar surface area (TPSA) is 234 Å². The van der Waals surface area contributed by atoms with Crippen LogP contribution >= 0.6 is 0 Å². The maximum atomic E-state index is 15.2. The molecular weight excluding hydrogens is 869 g/mol. The van der Waals surface area contributed by atoms with Gasteiger partial charge in [0, 0.05) is 31.2 Å². The Morgan fingerprint density at radius 2 is 1.52 bits per heavy atom. The quantitative estimate of drug-likeness (QED) is 0.0976. The average Bonchev–Trinajstić information content (AvgIpc) is 3.25. The Balaban J connectivity index is 1.39. The number of nitrogens with one attached hydrogen (secondary N) is 1. The van der Waals surface area contributed by atoms with E-state index in [2.05, 4.69) is 5.32 Å². The number of esters is 4. The number of nitrogens with zero attached hydrogens (tertiary/aromatic N) is 1. The van der Waals surface area contributed by atoms with Gasteiger partial charge in [0.2, 0.25) is 6.10 Å². The Morgan fingerprint density at radius 1 is 0.896 bits per heavy atom. The second kappa shape index (κ2) is 17.9. The molecule has 67 heavy (non-hydrogen) atoms. The number of Topliss-reactive ketones (excluding diaryl/α,β-unsaturated/α-hetero) is 1. The van der Waals surface area contributed by atoms with Gasteiger partial charge in [0.05, 0.1) is 29.6 Å². The molecule has 3 fully saturated rings. The summed E-state index contributed by atoms with van der Waals surface area (Å²) in [6.45, 7) is 11.7. The molecule has 0 unspecified atom stereocenters. The largest absolute Gasteiger partial charge is 0.455 e. The lowest BCUT2D eigenvalue weighted by Gasteiger charge is -2.67. The van der Waals surface area contributed by atoms with Crippen molar-refractivity contribution in [3.63, 3.8) is 0 Å². The highest BCUT2D eigenvalue weighted by Crippen LogP contribution is 2.64. The smallest absolute Gasteiger partial charge is 0.408 e. The molecule has 11 atom stereocenters. The van der Waals surface area contributed by atoms with Crippen molar-refractivity contribution in [3.8, 4) is 0 Å². The van der Waals surface area contributed by atoms with Gasteiger partial charge in [0.25, 0.3) is 0 Å². The van der Waals surface area contributed by atoms with Crippen LogP contribution in [-0.4, -0.2) is 111 Å². The summed E-state index contributed by atoms with van der Waals surface area (Å²) in [6, 6.07) is 17.6. The van der Waals surface area contributed by atoms with Crippen LogP contribution in [0.1, 0.15) is 101 Å². The van der Waals surface area contributed by atoms with Gasteiger partial charge in [-0.3, -0.25) is 9.59 Å². The molecule has 0 radical (unpaired) electrons. The number of hydrogen-bond donors (Lipinski definition) is 4. The van der Waals surface area contributed by atoms with Gasteiger partial charge in [0.1, 0.15) is 54.3 Å². The van der Waals surface area contributed by atoms with Gasteiger partial charge in [-0.25, -0.2) is 23.7 Å². The molecular formula is C50H59N2O15+. The summed E-state index contributed by atoms with van der Waals surface area (Å²) >= 11 is 0. The van der Waals surface area contributed by atoms with Crippen molar-refractivity contribution in [2.24, 2.45) is 23.8 Å². The Hall–Kier alpha value is -6.01. The zero-order valence-electron chi connectivity index (χ0n) is 39.0. The maximum Gasteiger partial charge on any atom is 0.408 e. The van der Waals surface area contributed by atoms with E-state index in [1.54, 1.807) is 107 Å². The number of aliphatic hydroxyl groups is 3. The maximum absolute atomic E-state index is 15.2. The summed E-state index contributed by atoms with van der Waals surface area (Å²) in [7, 11) is 1.68. The van der Waals surface area contributed by atoms with Crippen LogP contribution in [0, 0.1) is 16.7 Å². The second-order valence-electron chi connectivity index (χ2n) is 19.7. The van der Waals surface area contributed by atoms with E-state index in [1.165, 1.54) is 38.2 Å². The predicted octanol–water partition coefficient (Wildman–Crippen LogP) is 3.95. The highest BCUT2D eigenvalue weighted by molar-refractivity contribution is 5.94. The van der Waals surface area contributed by atoms with Crippen LogP contribution in [0.25, 0.3) is 0 Å². The lowest BCUT2D eigenvalue weighted by atomic mass is 9.44. The zero-order valence-corrected chi connectivity index (χ0v) is 39.0. The SMILES string of the molecule is CC(=O)O[C@@]12CO[C@@H]1C[C@H](O)[C@@]1(C)C(=O)[C@H](O)C3=C(C)[C@@H](OC(=O)[C@H](OC(=O)c4ccc[n+](C)c4)[C@@H](NC(=O)OC(C)(C)C)c4ccccc4)C[C@@](O)([C@@H](OC(=O)c4ccccc4)[C@H]21)C3(C)C. The minimum atomic E-state index is -2.42. The number of amides is 1. The van der Waals surface area contributed by atoms with E-state index in [1.807, 2.05) is 0 Å². The number of carbonyl (C=O) groups excluding carboxylic acids is 6. The molecule has 1 saturated heterocycles. The Kier molecular flexibility index (Phi) is 13.1. The van der Waals surface area contributed by atoms with Crippen LogP contribution in [-0.2, 0) is 49.9 Å². The van der Waals surface area contributed by atoms with Gasteiger partial charge in [-0.05, 0) is 69.5 Å². The van der Waals surface area contributed by atoms with Crippen LogP contribution in [0.15, 0.2) is 96.3 Å². The summed E-state index contributed by atoms with van der Waals surface area (Å²) in [5, 5.41) is 40.8. The fraction of sp³-hybridized carbons (Fsp3) is 0.500. The second-order valence-corrected chi connectivity index (χ2v) is 19.7. The normalized spacial score (nSPS) is 30.6. The molecule has 7 rings (SSSR count). The summed E-state index contributed by atoms with van der Waals surface area (Å²) in [5.74, 6) is -6.42. The van der Waals surface area contributed by atoms with Gasteiger partial charge < -0.3 is 49.1 Å². The molecule has 3 aromatic rings. The number of carbonyl (C=O) groups is 6. The lowest BCUT2D eigenvalue weighted by Crippen LogP contribution is -2.81. The molecule has 2 bridgehead atoms. The Bertz CT molecular complexity index is 2470. The van der Waals surface area contributed by atoms with Crippen LogP contribution < -0.4 is 9.88 Å². The number of aliphatic hydroxyl groups excluding tert-OH is 2. The number of aryl methyl sites for hydroxylation is 1. The number of rotatable bonds is 10. The van der Waals surface area contributed by atoms with Crippen molar-refractivity contribution >= 4 is 35.8 Å². The molecule has 2 aromatic carbocycles. The van der Waals surface area contributed by atoms with E-state index in [0.29, 0.717) is 5.56 Å². The number of pyridine rings is 1. The molecule has 2 heterocycles. The van der Waals surface area contributed by atoms with Crippen molar-refractivity contribution in [1.29, 1.82) is 0 Å². The first-order chi connectivity index (χ1) is 31.4. The van der Waals surface area contributed by atoms with Gasteiger partial charge in [0.15, 0.2) is 23.8 Å². The number of ether oxygens (including phenoxy) is 6. The van der Waals surface area contributed by atoms with Crippen LogP contribution in [0.3, 0.4) is 0 Å². The highest BCUT2D eigenvalue weighted by atomic mass is 16.6.